The van der Waals surface area contributed by atoms with Crippen molar-refractivity contribution < 1.29 is 13.5 Å². The van der Waals surface area contributed by atoms with Crippen LogP contribution >= 0.6 is 0 Å². The summed E-state index contributed by atoms with van der Waals surface area (Å²) in [5.74, 6) is 4.82. The highest BCUT2D eigenvalue weighted by atomic mass is 19.1. The van der Waals surface area contributed by atoms with Gasteiger partial charge < -0.3 is 10.5 Å². The highest BCUT2D eigenvalue weighted by Gasteiger charge is 2.15. The lowest BCUT2D eigenvalue weighted by Gasteiger charge is -2.18. The molecule has 0 saturated heterocycles. The fraction of sp³-hybridized carbons (Fsp3) is 0.200. The Bertz CT molecular complexity index is 634. The number of benzene rings is 2. The molecule has 21 heavy (non-hydrogen) atoms. The quantitative estimate of drug-likeness (QED) is 0.449. The molecule has 1 unspecified atom stereocenters. The lowest BCUT2D eigenvalue weighted by Crippen LogP contribution is -2.30. The molecule has 0 aromatic heterocycles. The zero-order valence-corrected chi connectivity index (χ0v) is 11.6. The lowest BCUT2D eigenvalue weighted by molar-refractivity contribution is 0.386. The van der Waals surface area contributed by atoms with Crippen LogP contribution < -0.4 is 21.7 Å². The van der Waals surface area contributed by atoms with Gasteiger partial charge in [0.2, 0.25) is 0 Å². The molecule has 6 heteroatoms. The van der Waals surface area contributed by atoms with Crippen LogP contribution in [0.15, 0.2) is 36.4 Å². The van der Waals surface area contributed by atoms with Crippen molar-refractivity contribution in [2.45, 2.75) is 12.5 Å². The van der Waals surface area contributed by atoms with Gasteiger partial charge in [0.15, 0.2) is 11.6 Å². The highest BCUT2D eigenvalue weighted by Crippen LogP contribution is 2.26. The van der Waals surface area contributed by atoms with Crippen molar-refractivity contribution in [3.8, 4) is 5.75 Å². The molecule has 112 valence electrons. The molecule has 0 saturated carbocycles. The van der Waals surface area contributed by atoms with Crippen LogP contribution in [0.3, 0.4) is 0 Å². The largest absolute Gasteiger partial charge is 0.494 e. The van der Waals surface area contributed by atoms with Crippen LogP contribution in [0.2, 0.25) is 0 Å². The summed E-state index contributed by atoms with van der Waals surface area (Å²) in [6.07, 6.45) is 0.366. The number of nitrogen functional groups attached to an aromatic ring is 1. The van der Waals surface area contributed by atoms with Crippen LogP contribution in [0.1, 0.15) is 17.2 Å². The number of hydrazine groups is 1. The third-order valence-electron chi connectivity index (χ3n) is 3.28. The maximum atomic E-state index is 13.7. The molecular weight excluding hydrogens is 276 g/mol. The predicted octanol–water partition coefficient (Wildman–Crippen LogP) is 2.30. The summed E-state index contributed by atoms with van der Waals surface area (Å²) in [7, 11) is 1.40. The number of anilines is 1. The Labute approximate surface area is 121 Å². The summed E-state index contributed by atoms with van der Waals surface area (Å²) in [6.45, 7) is 0. The molecule has 0 heterocycles. The van der Waals surface area contributed by atoms with Crippen molar-refractivity contribution in [2.24, 2.45) is 5.84 Å². The molecule has 0 bridgehead atoms. The molecule has 0 fully saturated rings. The first-order valence-corrected chi connectivity index (χ1v) is 6.38. The van der Waals surface area contributed by atoms with Crippen molar-refractivity contribution in [3.05, 3.63) is 59.2 Å². The molecule has 0 spiro atoms. The summed E-state index contributed by atoms with van der Waals surface area (Å²) in [4.78, 5) is 0. The van der Waals surface area contributed by atoms with Crippen LogP contribution in [-0.4, -0.2) is 7.11 Å². The third kappa shape index (κ3) is 3.48. The van der Waals surface area contributed by atoms with E-state index in [1.807, 2.05) is 0 Å². The molecule has 4 nitrogen and oxygen atoms in total. The number of halogens is 2. The molecule has 1 atom stereocenters. The molecule has 0 radical (unpaired) electrons. The van der Waals surface area contributed by atoms with Crippen molar-refractivity contribution in [1.82, 2.24) is 5.43 Å². The smallest absolute Gasteiger partial charge is 0.165 e. The molecule has 5 N–H and O–H groups in total. The zero-order chi connectivity index (χ0) is 15.4. The Kier molecular flexibility index (Phi) is 4.72. The third-order valence-corrected chi connectivity index (χ3v) is 3.28. The molecular formula is C15H17F2N3O. The van der Waals surface area contributed by atoms with Gasteiger partial charge in [-0.25, -0.2) is 8.78 Å². The molecule has 2 aromatic carbocycles. The number of nitrogens with one attached hydrogen (secondary N) is 1. The van der Waals surface area contributed by atoms with E-state index in [9.17, 15) is 8.78 Å². The second-order valence-corrected chi connectivity index (χ2v) is 4.67. The van der Waals surface area contributed by atoms with E-state index in [4.69, 9.17) is 16.3 Å². The maximum absolute atomic E-state index is 13.7. The van der Waals surface area contributed by atoms with E-state index in [2.05, 4.69) is 5.43 Å². The highest BCUT2D eigenvalue weighted by molar-refractivity contribution is 5.49. The Hall–Kier alpha value is -2.18. The van der Waals surface area contributed by atoms with Crippen molar-refractivity contribution in [1.29, 1.82) is 0 Å². The average molecular weight is 293 g/mol. The minimum atomic E-state index is -0.460. The summed E-state index contributed by atoms with van der Waals surface area (Å²) in [5, 5.41) is 0. The number of nitrogens with two attached hydrogens (primary N) is 2. The van der Waals surface area contributed by atoms with Crippen molar-refractivity contribution in [2.75, 3.05) is 12.8 Å². The predicted molar refractivity (Wildman–Crippen MR) is 77.5 cm³/mol. The van der Waals surface area contributed by atoms with Crippen molar-refractivity contribution >= 4 is 5.69 Å². The van der Waals surface area contributed by atoms with Crippen LogP contribution in [0.4, 0.5) is 14.5 Å². The van der Waals surface area contributed by atoms with Gasteiger partial charge in [-0.2, -0.15) is 0 Å². The van der Waals surface area contributed by atoms with Crippen LogP contribution in [0.25, 0.3) is 0 Å². The number of hydrogen-bond donors (Lipinski definition) is 3. The first-order chi connectivity index (χ1) is 10.0. The van der Waals surface area contributed by atoms with Crippen LogP contribution in [0, 0.1) is 11.6 Å². The number of rotatable bonds is 5. The van der Waals surface area contributed by atoms with Gasteiger partial charge in [-0.05, 0) is 47.9 Å². The topological polar surface area (TPSA) is 73.3 Å². The van der Waals surface area contributed by atoms with Crippen molar-refractivity contribution in [3.63, 3.8) is 0 Å². The monoisotopic (exact) mass is 293 g/mol. The summed E-state index contributed by atoms with van der Waals surface area (Å²) in [5.41, 5.74) is 10.1. The van der Waals surface area contributed by atoms with E-state index in [0.29, 0.717) is 23.2 Å². The van der Waals surface area contributed by atoms with Gasteiger partial charge in [0.1, 0.15) is 5.82 Å². The maximum Gasteiger partial charge on any atom is 0.165 e. The second kappa shape index (κ2) is 6.51. The Morgan fingerprint density at radius 2 is 1.95 bits per heavy atom. The van der Waals surface area contributed by atoms with Gasteiger partial charge in [0.05, 0.1) is 13.2 Å². The zero-order valence-electron chi connectivity index (χ0n) is 11.6. The normalized spacial score (nSPS) is 12.2. The Balaban J connectivity index is 2.26. The van der Waals surface area contributed by atoms with Gasteiger partial charge in [0.25, 0.3) is 0 Å². The van der Waals surface area contributed by atoms with E-state index in [0.717, 1.165) is 0 Å². The summed E-state index contributed by atoms with van der Waals surface area (Å²) >= 11 is 0. The lowest BCUT2D eigenvalue weighted by atomic mass is 9.97. The van der Waals surface area contributed by atoms with E-state index < -0.39 is 17.7 Å². The molecule has 2 aromatic rings. The number of methoxy groups -OCH3 is 1. The molecule has 2 rings (SSSR count). The van der Waals surface area contributed by atoms with Gasteiger partial charge in [-0.15, -0.1) is 0 Å². The molecule has 0 amide bonds. The van der Waals surface area contributed by atoms with E-state index in [1.54, 1.807) is 6.07 Å². The van der Waals surface area contributed by atoms with E-state index in [-0.39, 0.29) is 5.75 Å². The van der Waals surface area contributed by atoms with E-state index in [1.165, 1.54) is 37.4 Å². The first-order valence-electron chi connectivity index (χ1n) is 6.38. The second-order valence-electron chi connectivity index (χ2n) is 4.67. The molecule has 0 aliphatic carbocycles. The van der Waals surface area contributed by atoms with Gasteiger partial charge in [-0.1, -0.05) is 6.07 Å². The summed E-state index contributed by atoms with van der Waals surface area (Å²) < 4.78 is 31.9. The summed E-state index contributed by atoms with van der Waals surface area (Å²) in [6, 6.07) is 8.27. The number of ether oxygens (including phenoxy) is 1. The molecule has 0 aliphatic rings. The minimum absolute atomic E-state index is 0.168. The van der Waals surface area contributed by atoms with Crippen LogP contribution in [-0.2, 0) is 6.42 Å². The van der Waals surface area contributed by atoms with Gasteiger partial charge in [0, 0.05) is 5.69 Å². The molecule has 0 aliphatic heterocycles. The van der Waals surface area contributed by atoms with Gasteiger partial charge >= 0.3 is 0 Å². The number of hydrogen-bond acceptors (Lipinski definition) is 4. The van der Waals surface area contributed by atoms with Crippen LogP contribution in [0.5, 0.6) is 5.75 Å². The fourth-order valence-electron chi connectivity index (χ4n) is 2.18. The van der Waals surface area contributed by atoms with Gasteiger partial charge in [-0.3, -0.25) is 11.3 Å². The Morgan fingerprint density at radius 1 is 1.19 bits per heavy atom. The van der Waals surface area contributed by atoms with E-state index >= 15 is 0 Å². The average Bonchev–Trinajstić information content (AvgIpc) is 2.47. The fourth-order valence-corrected chi connectivity index (χ4v) is 2.18. The Morgan fingerprint density at radius 3 is 2.57 bits per heavy atom. The minimum Gasteiger partial charge on any atom is -0.494 e. The first kappa shape index (κ1) is 15.2. The SMILES string of the molecule is COc1ccc(CC(NN)c2cc(F)ccc2N)cc1F. The standard InChI is InChI=1S/C15H17F2N3O/c1-21-15-5-2-9(6-12(15)17)7-14(20-19)11-8-10(16)3-4-13(11)18/h2-6,8,14,20H,7,18-19H2,1H3.